The fourth-order valence-corrected chi connectivity index (χ4v) is 4.51. The molecule has 1 saturated heterocycles. The lowest BCUT2D eigenvalue weighted by atomic mass is 10.2. The summed E-state index contributed by atoms with van der Waals surface area (Å²) in [6, 6.07) is 6.84. The maximum atomic E-state index is 12.5. The van der Waals surface area contributed by atoms with Gasteiger partial charge in [0, 0.05) is 31.8 Å². The molecule has 7 nitrogen and oxygen atoms in total. The van der Waals surface area contributed by atoms with E-state index < -0.39 is 9.84 Å². The Morgan fingerprint density at radius 1 is 1.33 bits per heavy atom. The lowest BCUT2D eigenvalue weighted by molar-refractivity contribution is 0.133. The third-order valence-electron chi connectivity index (χ3n) is 4.07. The third-order valence-corrected chi connectivity index (χ3v) is 5.82. The highest BCUT2D eigenvalue weighted by atomic mass is 32.2. The number of nitrogens with one attached hydrogen (secondary N) is 1. The summed E-state index contributed by atoms with van der Waals surface area (Å²) in [5.74, 6) is 0.837. The van der Waals surface area contributed by atoms with Crippen LogP contribution in [-0.4, -0.2) is 64.3 Å². The molecule has 0 spiro atoms. The Bertz CT molecular complexity index is 662. The highest BCUT2D eigenvalue weighted by molar-refractivity contribution is 7.91. The van der Waals surface area contributed by atoms with Gasteiger partial charge in [0.25, 0.3) is 0 Å². The number of nitrogens with zero attached hydrogens (tertiary/aromatic N) is 1. The molecule has 0 radical (unpaired) electrons. The van der Waals surface area contributed by atoms with Crippen molar-refractivity contribution < 1.29 is 22.7 Å². The summed E-state index contributed by atoms with van der Waals surface area (Å²) in [5.41, 5.74) is 0.860. The van der Waals surface area contributed by atoms with E-state index in [1.54, 1.807) is 19.1 Å². The van der Waals surface area contributed by atoms with Gasteiger partial charge < -0.3 is 19.7 Å². The number of methoxy groups -OCH3 is 2. The summed E-state index contributed by atoms with van der Waals surface area (Å²) in [4.78, 5) is 14.1. The molecular formula is C16H24N2O5S. The second kappa shape index (κ2) is 8.34. The van der Waals surface area contributed by atoms with E-state index in [1.165, 1.54) is 0 Å². The van der Waals surface area contributed by atoms with Crippen LogP contribution in [0.15, 0.2) is 24.3 Å². The molecule has 1 fully saturated rings. The van der Waals surface area contributed by atoms with Crippen molar-refractivity contribution in [3.8, 4) is 5.75 Å². The number of urea groups is 1. The summed E-state index contributed by atoms with van der Waals surface area (Å²) < 4.78 is 33.7. The van der Waals surface area contributed by atoms with E-state index in [0.717, 1.165) is 5.56 Å². The van der Waals surface area contributed by atoms with Gasteiger partial charge in [-0.05, 0) is 12.5 Å². The molecule has 134 valence electrons. The topological polar surface area (TPSA) is 84.9 Å². The zero-order valence-corrected chi connectivity index (χ0v) is 14.8. The molecule has 1 aromatic rings. The molecule has 24 heavy (non-hydrogen) atoms. The fraction of sp³-hybridized carbons (Fsp3) is 0.562. The molecule has 2 rings (SSSR count). The number of amides is 2. The first-order valence-electron chi connectivity index (χ1n) is 7.82. The normalized spacial score (nSPS) is 19.0. The molecule has 0 aliphatic carbocycles. The van der Waals surface area contributed by atoms with Crippen molar-refractivity contribution in [2.75, 3.05) is 38.9 Å². The second-order valence-corrected chi connectivity index (χ2v) is 7.94. The number of ether oxygens (including phenoxy) is 2. The van der Waals surface area contributed by atoms with Crippen LogP contribution in [0.25, 0.3) is 0 Å². The van der Waals surface area contributed by atoms with E-state index in [-0.39, 0.29) is 23.6 Å². The summed E-state index contributed by atoms with van der Waals surface area (Å²) in [7, 11) is 0.0709. The van der Waals surface area contributed by atoms with Gasteiger partial charge in [-0.3, -0.25) is 0 Å². The van der Waals surface area contributed by atoms with Crippen LogP contribution in [0.2, 0.25) is 0 Å². The van der Waals surface area contributed by atoms with E-state index in [0.29, 0.717) is 31.9 Å². The van der Waals surface area contributed by atoms with Gasteiger partial charge in [0.15, 0.2) is 9.84 Å². The number of hydrogen-bond donors (Lipinski definition) is 1. The lowest BCUT2D eigenvalue weighted by Crippen LogP contribution is -2.48. The molecule has 1 aliphatic rings. The van der Waals surface area contributed by atoms with Crippen molar-refractivity contribution in [1.29, 1.82) is 0 Å². The molecule has 1 aliphatic heterocycles. The Balaban J connectivity index is 2.02. The van der Waals surface area contributed by atoms with Crippen molar-refractivity contribution in [3.63, 3.8) is 0 Å². The zero-order chi connectivity index (χ0) is 17.6. The average Bonchev–Trinajstić information content (AvgIpc) is 2.93. The average molecular weight is 356 g/mol. The van der Waals surface area contributed by atoms with Gasteiger partial charge in [-0.25, -0.2) is 13.2 Å². The molecule has 2 amide bonds. The Morgan fingerprint density at radius 2 is 2.08 bits per heavy atom. The first-order chi connectivity index (χ1) is 11.5. The van der Waals surface area contributed by atoms with E-state index in [2.05, 4.69) is 5.32 Å². The van der Waals surface area contributed by atoms with E-state index in [4.69, 9.17) is 9.47 Å². The second-order valence-electron chi connectivity index (χ2n) is 5.71. The Hall–Kier alpha value is -1.80. The van der Waals surface area contributed by atoms with Crippen molar-refractivity contribution in [2.45, 2.75) is 19.0 Å². The molecule has 1 N–H and O–H groups in total. The van der Waals surface area contributed by atoms with Crippen LogP contribution in [-0.2, 0) is 21.1 Å². The predicted octanol–water partition coefficient (Wildman–Crippen LogP) is 1.04. The van der Waals surface area contributed by atoms with Gasteiger partial charge in [-0.2, -0.15) is 0 Å². The molecule has 0 saturated carbocycles. The molecular weight excluding hydrogens is 332 g/mol. The summed E-state index contributed by atoms with van der Waals surface area (Å²) in [5, 5.41) is 2.84. The van der Waals surface area contributed by atoms with Gasteiger partial charge in [0.2, 0.25) is 0 Å². The van der Waals surface area contributed by atoms with E-state index >= 15 is 0 Å². The first-order valence-corrected chi connectivity index (χ1v) is 9.64. The maximum Gasteiger partial charge on any atom is 0.318 e. The van der Waals surface area contributed by atoms with Crippen molar-refractivity contribution in [1.82, 2.24) is 10.2 Å². The maximum absolute atomic E-state index is 12.5. The Kier molecular flexibility index (Phi) is 6.44. The SMILES string of the molecule is COCCN(C(=O)NCc1ccccc1OC)C1CCS(=O)(=O)C1. The number of carbonyl (C=O) groups is 1. The standard InChI is InChI=1S/C16H24N2O5S/c1-22-9-8-18(14-7-10-24(20,21)12-14)16(19)17-11-13-5-3-4-6-15(13)23-2/h3-6,14H,7-12H2,1-2H3,(H,17,19). The number of rotatable bonds is 7. The molecule has 1 aromatic carbocycles. The van der Waals surface area contributed by atoms with Crippen LogP contribution < -0.4 is 10.1 Å². The number of carbonyl (C=O) groups excluding carboxylic acids is 1. The molecule has 0 bridgehead atoms. The monoisotopic (exact) mass is 356 g/mol. The fourth-order valence-electron chi connectivity index (χ4n) is 2.78. The van der Waals surface area contributed by atoms with Crippen LogP contribution in [0.5, 0.6) is 5.75 Å². The molecule has 8 heteroatoms. The van der Waals surface area contributed by atoms with Crippen LogP contribution in [0.1, 0.15) is 12.0 Å². The Labute approximate surface area is 142 Å². The molecule has 1 atom stereocenters. The summed E-state index contributed by atoms with van der Waals surface area (Å²) in [6.07, 6.45) is 0.466. The van der Waals surface area contributed by atoms with Gasteiger partial charge in [0.05, 0.1) is 25.2 Å². The minimum absolute atomic E-state index is 0.0127. The van der Waals surface area contributed by atoms with Crippen molar-refractivity contribution >= 4 is 15.9 Å². The van der Waals surface area contributed by atoms with Crippen LogP contribution in [0, 0.1) is 0 Å². The largest absolute Gasteiger partial charge is 0.496 e. The van der Waals surface area contributed by atoms with Crippen molar-refractivity contribution in [2.24, 2.45) is 0 Å². The van der Waals surface area contributed by atoms with Gasteiger partial charge in [-0.1, -0.05) is 18.2 Å². The zero-order valence-electron chi connectivity index (χ0n) is 14.0. The van der Waals surface area contributed by atoms with Crippen LogP contribution in [0.3, 0.4) is 0 Å². The number of hydrogen-bond acceptors (Lipinski definition) is 5. The van der Waals surface area contributed by atoms with Gasteiger partial charge in [0.1, 0.15) is 5.75 Å². The first kappa shape index (κ1) is 18.5. The quantitative estimate of drug-likeness (QED) is 0.789. The number of benzene rings is 1. The minimum Gasteiger partial charge on any atom is -0.496 e. The number of para-hydroxylation sites is 1. The molecule has 0 aromatic heterocycles. The van der Waals surface area contributed by atoms with Crippen LogP contribution >= 0.6 is 0 Å². The minimum atomic E-state index is -3.06. The van der Waals surface area contributed by atoms with E-state index in [9.17, 15) is 13.2 Å². The van der Waals surface area contributed by atoms with Gasteiger partial charge in [-0.15, -0.1) is 0 Å². The lowest BCUT2D eigenvalue weighted by Gasteiger charge is -2.28. The van der Waals surface area contributed by atoms with Gasteiger partial charge >= 0.3 is 6.03 Å². The number of sulfone groups is 1. The highest BCUT2D eigenvalue weighted by Crippen LogP contribution is 2.19. The Morgan fingerprint density at radius 3 is 2.71 bits per heavy atom. The van der Waals surface area contributed by atoms with Crippen molar-refractivity contribution in [3.05, 3.63) is 29.8 Å². The van der Waals surface area contributed by atoms with Crippen LogP contribution in [0.4, 0.5) is 4.79 Å². The molecule has 1 heterocycles. The highest BCUT2D eigenvalue weighted by Gasteiger charge is 2.34. The summed E-state index contributed by atoms with van der Waals surface area (Å²) >= 11 is 0. The summed E-state index contributed by atoms with van der Waals surface area (Å²) in [6.45, 7) is 1.03. The van der Waals surface area contributed by atoms with E-state index in [1.807, 2.05) is 24.3 Å². The molecule has 1 unspecified atom stereocenters. The smallest absolute Gasteiger partial charge is 0.318 e. The third kappa shape index (κ3) is 4.85. The predicted molar refractivity (Wildman–Crippen MR) is 90.9 cm³/mol.